The zero-order chi connectivity index (χ0) is 33.4. The van der Waals surface area contributed by atoms with Crippen molar-refractivity contribution >= 4 is 44.8 Å². The Labute approximate surface area is 284 Å². The summed E-state index contributed by atoms with van der Waals surface area (Å²) in [7, 11) is -2.29. The molecule has 0 radical (unpaired) electrons. The van der Waals surface area contributed by atoms with E-state index >= 15 is 0 Å². The van der Waals surface area contributed by atoms with Crippen LogP contribution in [0.3, 0.4) is 0 Å². The van der Waals surface area contributed by atoms with Gasteiger partial charge in [-0.3, -0.25) is 4.79 Å². The van der Waals surface area contributed by atoms with Crippen molar-refractivity contribution < 1.29 is 32.5 Å². The number of benzene rings is 4. The molecule has 0 aliphatic carbocycles. The lowest BCUT2D eigenvalue weighted by molar-refractivity contribution is -0.129. The summed E-state index contributed by atoms with van der Waals surface area (Å²) in [6.07, 6.45) is -0.844. The molecule has 2 N–H and O–H groups in total. The van der Waals surface area contributed by atoms with E-state index < -0.39 is 33.1 Å². The summed E-state index contributed by atoms with van der Waals surface area (Å²) < 4.78 is 44.7. The molecule has 0 bridgehead atoms. The van der Waals surface area contributed by atoms with Crippen LogP contribution in [0.1, 0.15) is 35.6 Å². The first-order chi connectivity index (χ1) is 22.7. The molecule has 0 aromatic heterocycles. The molecule has 2 atom stereocenters. The molecule has 1 amide bonds. The van der Waals surface area contributed by atoms with E-state index in [1.54, 1.807) is 67.8 Å². The topological polar surface area (TPSA) is 124 Å². The van der Waals surface area contributed by atoms with Gasteiger partial charge in [-0.2, -0.15) is 0 Å². The summed E-state index contributed by atoms with van der Waals surface area (Å²) in [4.78, 5) is 19.5. The number of hydrogen-bond donors (Lipinski definition) is 2. The average Bonchev–Trinajstić information content (AvgIpc) is 3.48. The molecule has 4 aromatic rings. The van der Waals surface area contributed by atoms with Gasteiger partial charge in [-0.25, -0.2) is 13.4 Å². The number of sulfone groups is 1. The zero-order valence-electron chi connectivity index (χ0n) is 25.6. The van der Waals surface area contributed by atoms with Crippen LogP contribution >= 0.6 is 23.2 Å². The Morgan fingerprint density at radius 3 is 2.43 bits per heavy atom. The number of carbonyl (C=O) groups is 1. The molecule has 246 valence electrons. The Hall–Kier alpha value is -4.09. The normalized spacial score (nSPS) is 17.4. The molecule has 0 saturated carbocycles. The summed E-state index contributed by atoms with van der Waals surface area (Å²) in [6, 6.07) is 27.0. The third kappa shape index (κ3) is 7.90. The van der Waals surface area contributed by atoms with Crippen molar-refractivity contribution in [2.45, 2.75) is 35.9 Å². The third-order valence-electron chi connectivity index (χ3n) is 7.76. The fourth-order valence-corrected chi connectivity index (χ4v) is 7.17. The van der Waals surface area contributed by atoms with E-state index in [4.69, 9.17) is 47.5 Å². The molecule has 5 rings (SSSR count). The average molecular weight is 698 g/mol. The van der Waals surface area contributed by atoms with E-state index in [0.29, 0.717) is 40.7 Å². The lowest BCUT2D eigenvalue weighted by Crippen LogP contribution is -2.49. The van der Waals surface area contributed by atoms with Gasteiger partial charge >= 0.3 is 0 Å². The highest BCUT2D eigenvalue weighted by atomic mass is 35.5. The van der Waals surface area contributed by atoms with E-state index in [1.165, 1.54) is 18.2 Å². The van der Waals surface area contributed by atoms with Gasteiger partial charge in [0.1, 0.15) is 11.5 Å². The van der Waals surface area contributed by atoms with Crippen LogP contribution in [0.15, 0.2) is 107 Å². The van der Waals surface area contributed by atoms with Gasteiger partial charge in [0.05, 0.1) is 24.4 Å². The summed E-state index contributed by atoms with van der Waals surface area (Å²) in [5.74, 6) is 0.333. The Morgan fingerprint density at radius 2 is 1.72 bits per heavy atom. The Morgan fingerprint density at radius 1 is 1.00 bits per heavy atom. The number of rotatable bonds is 14. The summed E-state index contributed by atoms with van der Waals surface area (Å²) >= 11 is 12.9. The fourth-order valence-electron chi connectivity index (χ4n) is 5.27. The zero-order valence-corrected chi connectivity index (χ0v) is 27.9. The second-order valence-electron chi connectivity index (χ2n) is 10.8. The molecule has 1 heterocycles. The van der Waals surface area contributed by atoms with Crippen molar-refractivity contribution in [3.05, 3.63) is 124 Å². The number of halogens is 2. The number of aliphatic imine (C=N–C) groups is 1. The van der Waals surface area contributed by atoms with Crippen LogP contribution in [0.5, 0.6) is 11.5 Å². The van der Waals surface area contributed by atoms with Gasteiger partial charge in [0.15, 0.2) is 21.5 Å². The summed E-state index contributed by atoms with van der Waals surface area (Å²) in [5, 5.41) is 12.6. The molecule has 1 aliphatic heterocycles. The minimum absolute atomic E-state index is 0.0125. The van der Waals surface area contributed by atoms with Crippen LogP contribution in [0.4, 0.5) is 0 Å². The molecule has 0 fully saturated rings. The highest BCUT2D eigenvalue weighted by Gasteiger charge is 2.54. The monoisotopic (exact) mass is 696 g/mol. The van der Waals surface area contributed by atoms with Gasteiger partial charge in [-0.1, -0.05) is 65.7 Å². The molecule has 0 spiro atoms. The van der Waals surface area contributed by atoms with Gasteiger partial charge in [-0.15, -0.1) is 0 Å². The van der Waals surface area contributed by atoms with E-state index in [0.717, 1.165) is 5.56 Å². The number of para-hydroxylation sites is 1. The lowest BCUT2D eigenvalue weighted by Gasteiger charge is -2.31. The number of amides is 1. The van der Waals surface area contributed by atoms with Gasteiger partial charge in [0.25, 0.3) is 5.91 Å². The smallest absolute Gasteiger partial charge is 0.252 e. The first kappa shape index (κ1) is 34.3. The van der Waals surface area contributed by atoms with Gasteiger partial charge in [-0.05, 0) is 54.6 Å². The quantitative estimate of drug-likeness (QED) is 0.151. The van der Waals surface area contributed by atoms with Crippen molar-refractivity contribution in [1.29, 1.82) is 0 Å². The van der Waals surface area contributed by atoms with Crippen LogP contribution in [-0.2, 0) is 25.9 Å². The van der Waals surface area contributed by atoms with Crippen LogP contribution in [0.2, 0.25) is 10.0 Å². The van der Waals surface area contributed by atoms with Crippen LogP contribution < -0.4 is 14.8 Å². The van der Waals surface area contributed by atoms with Crippen molar-refractivity contribution in [2.24, 2.45) is 4.99 Å². The van der Waals surface area contributed by atoms with Gasteiger partial charge < -0.3 is 24.6 Å². The highest BCUT2D eigenvalue weighted by molar-refractivity contribution is 7.91. The van der Waals surface area contributed by atoms with E-state index in [2.05, 4.69) is 5.32 Å². The summed E-state index contributed by atoms with van der Waals surface area (Å²) in [5.41, 5.74) is -0.0768. The molecule has 9 nitrogen and oxygen atoms in total. The summed E-state index contributed by atoms with van der Waals surface area (Å²) in [6.45, 7) is 0.441. The number of aliphatic hydroxyl groups excluding tert-OH is 1. The number of nitrogens with one attached hydrogen (secondary N) is 1. The third-order valence-corrected chi connectivity index (χ3v) is 10.1. The minimum atomic E-state index is -3.83. The molecule has 12 heteroatoms. The number of carbonyl (C=O) groups excluding carboxylic acids is 1. The fraction of sp³-hybridized carbons (Fsp3) is 0.257. The first-order valence-corrected chi connectivity index (χ1v) is 17.3. The van der Waals surface area contributed by atoms with E-state index in [9.17, 15) is 13.2 Å². The molecular weight excluding hydrogens is 663 g/mol. The number of hydrogen-bond acceptors (Lipinski definition) is 8. The predicted octanol–water partition coefficient (Wildman–Crippen LogP) is 6.20. The molecule has 1 aliphatic rings. The number of nitrogens with zero attached hydrogens (tertiary/aromatic N) is 1. The number of methoxy groups -OCH3 is 1. The van der Waals surface area contributed by atoms with E-state index in [-0.39, 0.29) is 35.4 Å². The predicted molar refractivity (Wildman–Crippen MR) is 181 cm³/mol. The Kier molecular flexibility index (Phi) is 11.1. The lowest BCUT2D eigenvalue weighted by atomic mass is 9.85. The second-order valence-corrected chi connectivity index (χ2v) is 13.8. The molecule has 0 unspecified atom stereocenters. The maximum atomic E-state index is 14.5. The standard InChI is InChI=1S/C35H34Cl2N2O7S/c1-44-31-11-6-5-8-25(31)23-38-34(41)35(18-21-47(42,43)28-9-3-2-4-10-28)32(29-17-14-26(36)22-30(29)37)46-33(39-35)24-12-15-27(16-13-24)45-20-7-19-40/h2-6,8-17,22,32,40H,7,18-21,23H2,1H3,(H,38,41)/t32-,35-/m1/s1. The van der Waals surface area contributed by atoms with Crippen molar-refractivity contribution in [2.75, 3.05) is 26.1 Å². The number of aliphatic hydroxyl groups is 1. The van der Waals surface area contributed by atoms with Gasteiger partial charge in [0.2, 0.25) is 5.90 Å². The van der Waals surface area contributed by atoms with Crippen molar-refractivity contribution in [3.63, 3.8) is 0 Å². The second kappa shape index (κ2) is 15.2. The number of ether oxygens (including phenoxy) is 3. The molecule has 47 heavy (non-hydrogen) atoms. The van der Waals surface area contributed by atoms with Crippen LogP contribution in [0.25, 0.3) is 0 Å². The van der Waals surface area contributed by atoms with E-state index in [1.807, 2.05) is 18.2 Å². The highest BCUT2D eigenvalue weighted by Crippen LogP contribution is 2.45. The maximum Gasteiger partial charge on any atom is 0.252 e. The Balaban J connectivity index is 1.58. The molecular formula is C35H34Cl2N2O7S. The SMILES string of the molecule is COc1ccccc1CNC(=O)[C@]1(CCS(=O)(=O)c2ccccc2)N=C(c2ccc(OCCCO)cc2)O[C@@H]1c1ccc(Cl)cc1Cl. The Bertz CT molecular complexity index is 1840. The molecule has 4 aromatic carbocycles. The van der Waals surface area contributed by atoms with Crippen LogP contribution in [0, 0.1) is 0 Å². The first-order valence-electron chi connectivity index (χ1n) is 14.9. The van der Waals surface area contributed by atoms with Gasteiger partial charge in [0, 0.05) is 52.7 Å². The molecule has 0 saturated heterocycles. The van der Waals surface area contributed by atoms with Crippen LogP contribution in [-0.4, -0.2) is 56.9 Å². The van der Waals surface area contributed by atoms with Crippen molar-refractivity contribution in [3.8, 4) is 11.5 Å². The maximum absolute atomic E-state index is 14.5. The largest absolute Gasteiger partial charge is 0.496 e. The van der Waals surface area contributed by atoms with Crippen molar-refractivity contribution in [1.82, 2.24) is 5.32 Å². The minimum Gasteiger partial charge on any atom is -0.496 e.